The van der Waals surface area contributed by atoms with Crippen LogP contribution in [0, 0.1) is 35.5 Å². The molecule has 114 valence electrons. The summed E-state index contributed by atoms with van der Waals surface area (Å²) in [4.78, 5) is 29.1. The fraction of sp³-hybridized carbons (Fsp3) is 0.875. The van der Waals surface area contributed by atoms with Crippen molar-refractivity contribution in [2.75, 3.05) is 39.4 Å². The van der Waals surface area contributed by atoms with Gasteiger partial charge in [-0.2, -0.15) is 0 Å². The Balaban J connectivity index is 1.22. The molecule has 0 N–H and O–H groups in total. The molecule has 5 atom stereocenters. The van der Waals surface area contributed by atoms with Crippen LogP contribution in [0.15, 0.2) is 0 Å². The van der Waals surface area contributed by atoms with Crippen molar-refractivity contribution in [3.63, 3.8) is 0 Å². The molecule has 5 nitrogen and oxygen atoms in total. The van der Waals surface area contributed by atoms with Gasteiger partial charge in [-0.05, 0) is 30.6 Å². The first-order chi connectivity index (χ1) is 10.2. The van der Waals surface area contributed by atoms with Gasteiger partial charge in [-0.15, -0.1) is 0 Å². The standard InChI is InChI=1S/C16H22N2O3/c19-15-11-6-18(16(20)14-12-7-21-8-13(12)14)5-10(11)4-17(15)3-9-1-2-9/h9-14H,1-8H2/t10-,11+,12-,13+,14?/m1/s1. The molecular weight excluding hydrogens is 268 g/mol. The summed E-state index contributed by atoms with van der Waals surface area (Å²) in [6.45, 7) is 4.83. The van der Waals surface area contributed by atoms with Crippen molar-refractivity contribution in [3.8, 4) is 0 Å². The topological polar surface area (TPSA) is 49.9 Å². The van der Waals surface area contributed by atoms with E-state index >= 15 is 0 Å². The molecule has 0 aromatic heterocycles. The normalized spacial score (nSPS) is 44.2. The van der Waals surface area contributed by atoms with E-state index in [9.17, 15) is 9.59 Å². The Morgan fingerprint density at radius 2 is 1.90 bits per heavy atom. The van der Waals surface area contributed by atoms with E-state index in [2.05, 4.69) is 4.90 Å². The van der Waals surface area contributed by atoms with Crippen LogP contribution in [-0.4, -0.2) is 61.0 Å². The number of amides is 2. The molecular formula is C16H22N2O3. The van der Waals surface area contributed by atoms with E-state index in [1.807, 2.05) is 4.90 Å². The van der Waals surface area contributed by atoms with Gasteiger partial charge in [-0.1, -0.05) is 0 Å². The van der Waals surface area contributed by atoms with Crippen LogP contribution in [0.25, 0.3) is 0 Å². The summed E-state index contributed by atoms with van der Waals surface area (Å²) >= 11 is 0. The molecule has 0 aromatic rings. The minimum Gasteiger partial charge on any atom is -0.381 e. The van der Waals surface area contributed by atoms with Crippen LogP contribution >= 0.6 is 0 Å². The summed E-state index contributed by atoms with van der Waals surface area (Å²) in [6.07, 6.45) is 2.58. The molecule has 1 unspecified atom stereocenters. The average molecular weight is 290 g/mol. The lowest BCUT2D eigenvalue weighted by Crippen LogP contribution is -2.37. The minimum atomic E-state index is 0.0857. The first-order valence-electron chi connectivity index (χ1n) is 8.37. The highest BCUT2D eigenvalue weighted by molar-refractivity contribution is 5.86. The number of hydrogen-bond acceptors (Lipinski definition) is 3. The number of carbonyl (C=O) groups is 2. The molecule has 5 fully saturated rings. The van der Waals surface area contributed by atoms with Gasteiger partial charge in [0.15, 0.2) is 0 Å². The maximum Gasteiger partial charge on any atom is 0.227 e. The molecule has 5 rings (SSSR count). The molecule has 21 heavy (non-hydrogen) atoms. The molecule has 3 saturated heterocycles. The van der Waals surface area contributed by atoms with Crippen LogP contribution in [-0.2, 0) is 14.3 Å². The van der Waals surface area contributed by atoms with Crippen molar-refractivity contribution in [1.29, 1.82) is 0 Å². The number of likely N-dealkylation sites (tertiary alicyclic amines) is 2. The minimum absolute atomic E-state index is 0.0857. The van der Waals surface area contributed by atoms with Crippen molar-refractivity contribution < 1.29 is 14.3 Å². The van der Waals surface area contributed by atoms with Gasteiger partial charge in [-0.3, -0.25) is 9.59 Å². The quantitative estimate of drug-likeness (QED) is 0.746. The second-order valence-corrected chi connectivity index (χ2v) is 7.69. The zero-order chi connectivity index (χ0) is 14.1. The average Bonchev–Trinajstić information content (AvgIpc) is 3.27. The Labute approximate surface area is 124 Å². The van der Waals surface area contributed by atoms with E-state index in [0.29, 0.717) is 36.1 Å². The largest absolute Gasteiger partial charge is 0.381 e. The summed E-state index contributed by atoms with van der Waals surface area (Å²) < 4.78 is 5.37. The zero-order valence-electron chi connectivity index (χ0n) is 12.2. The predicted molar refractivity (Wildman–Crippen MR) is 74.2 cm³/mol. The van der Waals surface area contributed by atoms with Gasteiger partial charge in [0.25, 0.3) is 0 Å². The van der Waals surface area contributed by atoms with Gasteiger partial charge in [0.1, 0.15) is 0 Å². The third kappa shape index (κ3) is 1.86. The van der Waals surface area contributed by atoms with Crippen molar-refractivity contribution >= 4 is 11.8 Å². The first kappa shape index (κ1) is 12.4. The van der Waals surface area contributed by atoms with Crippen molar-refractivity contribution in [3.05, 3.63) is 0 Å². The van der Waals surface area contributed by atoms with Gasteiger partial charge < -0.3 is 14.5 Å². The van der Waals surface area contributed by atoms with Crippen LogP contribution in [0.1, 0.15) is 12.8 Å². The van der Waals surface area contributed by atoms with Gasteiger partial charge in [-0.25, -0.2) is 0 Å². The van der Waals surface area contributed by atoms with E-state index in [0.717, 1.165) is 38.8 Å². The summed E-state index contributed by atoms with van der Waals surface area (Å²) in [6, 6.07) is 0. The lowest BCUT2D eigenvalue weighted by molar-refractivity contribution is -0.135. The smallest absolute Gasteiger partial charge is 0.227 e. The molecule has 2 amide bonds. The van der Waals surface area contributed by atoms with Gasteiger partial charge >= 0.3 is 0 Å². The van der Waals surface area contributed by atoms with E-state index in [-0.39, 0.29) is 11.8 Å². The molecule has 0 bridgehead atoms. The maximum absolute atomic E-state index is 12.6. The van der Waals surface area contributed by atoms with Crippen LogP contribution in [0.5, 0.6) is 0 Å². The highest BCUT2D eigenvalue weighted by Crippen LogP contribution is 2.52. The van der Waals surface area contributed by atoms with Gasteiger partial charge in [0, 0.05) is 38.0 Å². The molecule has 5 heteroatoms. The number of hydrogen-bond donors (Lipinski definition) is 0. The van der Waals surface area contributed by atoms with Crippen molar-refractivity contribution in [2.45, 2.75) is 12.8 Å². The zero-order valence-corrected chi connectivity index (χ0v) is 12.2. The Morgan fingerprint density at radius 3 is 2.57 bits per heavy atom. The van der Waals surface area contributed by atoms with E-state index in [1.54, 1.807) is 0 Å². The molecule has 3 heterocycles. The Morgan fingerprint density at radius 1 is 1.14 bits per heavy atom. The molecule has 5 aliphatic rings. The number of ether oxygens (including phenoxy) is 1. The second-order valence-electron chi connectivity index (χ2n) is 7.69. The third-order valence-electron chi connectivity index (χ3n) is 6.25. The van der Waals surface area contributed by atoms with Crippen molar-refractivity contribution in [2.24, 2.45) is 35.5 Å². The number of nitrogens with zero attached hydrogens (tertiary/aromatic N) is 2. The lowest BCUT2D eigenvalue weighted by Gasteiger charge is -2.22. The fourth-order valence-electron chi connectivity index (χ4n) is 4.72. The maximum atomic E-state index is 12.6. The van der Waals surface area contributed by atoms with Crippen LogP contribution in [0.3, 0.4) is 0 Å². The molecule has 3 aliphatic heterocycles. The Bertz CT molecular complexity index is 494. The fourth-order valence-corrected chi connectivity index (χ4v) is 4.72. The lowest BCUT2D eigenvalue weighted by atomic mass is 10.0. The monoisotopic (exact) mass is 290 g/mol. The molecule has 2 aliphatic carbocycles. The molecule has 0 spiro atoms. The SMILES string of the molecule is O=C(C1[C@H]2COC[C@@H]12)N1C[C@H]2CN(CC3CC3)C(=O)[C@H]2C1. The van der Waals surface area contributed by atoms with Crippen molar-refractivity contribution in [1.82, 2.24) is 9.80 Å². The number of rotatable bonds is 3. The van der Waals surface area contributed by atoms with E-state index in [1.165, 1.54) is 12.8 Å². The number of carbonyl (C=O) groups excluding carboxylic acids is 2. The molecule has 0 radical (unpaired) electrons. The number of fused-ring (bicyclic) bond motifs is 2. The molecule has 2 saturated carbocycles. The van der Waals surface area contributed by atoms with Crippen LogP contribution < -0.4 is 0 Å². The van der Waals surface area contributed by atoms with Crippen LogP contribution in [0.2, 0.25) is 0 Å². The summed E-state index contributed by atoms with van der Waals surface area (Å²) in [5.41, 5.74) is 0. The highest BCUT2D eigenvalue weighted by atomic mass is 16.5. The van der Waals surface area contributed by atoms with Gasteiger partial charge in [0.05, 0.1) is 19.1 Å². The predicted octanol–water partition coefficient (Wildman–Crippen LogP) is 0.206. The molecule has 0 aromatic carbocycles. The summed E-state index contributed by atoms with van der Waals surface area (Å²) in [5.74, 6) is 2.98. The Kier molecular flexibility index (Phi) is 2.50. The highest BCUT2D eigenvalue weighted by Gasteiger charge is 2.60. The van der Waals surface area contributed by atoms with Gasteiger partial charge in [0.2, 0.25) is 11.8 Å². The second kappa shape index (κ2) is 4.22. The van der Waals surface area contributed by atoms with E-state index in [4.69, 9.17) is 4.74 Å². The summed E-state index contributed by atoms with van der Waals surface area (Å²) in [5, 5.41) is 0. The first-order valence-corrected chi connectivity index (χ1v) is 8.37. The van der Waals surface area contributed by atoms with E-state index < -0.39 is 0 Å². The van der Waals surface area contributed by atoms with Crippen LogP contribution in [0.4, 0.5) is 0 Å². The summed E-state index contributed by atoms with van der Waals surface area (Å²) in [7, 11) is 0. The third-order valence-corrected chi connectivity index (χ3v) is 6.25. The Hall–Kier alpha value is -1.10.